The van der Waals surface area contributed by atoms with Crippen LogP contribution < -0.4 is 0 Å². The molecule has 3 aromatic rings. The van der Waals surface area contributed by atoms with Crippen molar-refractivity contribution in [1.29, 1.82) is 0 Å². The van der Waals surface area contributed by atoms with Crippen LogP contribution in [-0.4, -0.2) is 33.1 Å². The zero-order valence-electron chi connectivity index (χ0n) is 15.8. The van der Waals surface area contributed by atoms with Gasteiger partial charge in [-0.1, -0.05) is 42.5 Å². The second kappa shape index (κ2) is 8.65. The fourth-order valence-corrected chi connectivity index (χ4v) is 4.08. The smallest absolute Gasteiger partial charge is 0.410 e. The Kier molecular flexibility index (Phi) is 5.81. The van der Waals surface area contributed by atoms with Crippen molar-refractivity contribution < 1.29 is 9.53 Å². The van der Waals surface area contributed by atoms with Gasteiger partial charge in [-0.05, 0) is 37.0 Å². The van der Waals surface area contributed by atoms with E-state index in [0.29, 0.717) is 19.0 Å². The molecule has 0 spiro atoms. The molecule has 1 aliphatic rings. The maximum absolute atomic E-state index is 12.8. The summed E-state index contributed by atoms with van der Waals surface area (Å²) in [6.45, 7) is 1.70. The molecule has 0 radical (unpaired) electrons. The summed E-state index contributed by atoms with van der Waals surface area (Å²) >= 11 is 6.15. The minimum Gasteiger partial charge on any atom is -0.445 e. The monoisotopic (exact) mass is 397 g/mol. The maximum Gasteiger partial charge on any atom is 0.410 e. The predicted octanol–water partition coefficient (Wildman–Crippen LogP) is 4.97. The lowest BCUT2D eigenvalue weighted by atomic mass is 10.0. The van der Waals surface area contributed by atoms with E-state index in [2.05, 4.69) is 15.6 Å². The summed E-state index contributed by atoms with van der Waals surface area (Å²) in [6, 6.07) is 17.9. The predicted molar refractivity (Wildman–Crippen MR) is 110 cm³/mol. The topological polar surface area (TPSA) is 47.4 Å². The van der Waals surface area contributed by atoms with E-state index in [0.717, 1.165) is 48.2 Å². The Morgan fingerprint density at radius 1 is 1.11 bits per heavy atom. The van der Waals surface area contributed by atoms with Gasteiger partial charge in [-0.2, -0.15) is 0 Å². The summed E-state index contributed by atoms with van der Waals surface area (Å²) in [4.78, 5) is 19.3. The highest BCUT2D eigenvalue weighted by atomic mass is 35.5. The fraction of sp³-hybridized carbons (Fsp3) is 0.364. The zero-order valence-corrected chi connectivity index (χ0v) is 16.5. The Balaban J connectivity index is 1.50. The molecule has 0 unspecified atom stereocenters. The van der Waals surface area contributed by atoms with Crippen molar-refractivity contribution in [2.45, 2.75) is 44.3 Å². The lowest BCUT2D eigenvalue weighted by Gasteiger charge is -2.35. The molecule has 1 aliphatic heterocycles. The zero-order chi connectivity index (χ0) is 19.3. The molecule has 28 heavy (non-hydrogen) atoms. The van der Waals surface area contributed by atoms with Crippen molar-refractivity contribution in [1.82, 2.24) is 14.5 Å². The number of imidazole rings is 1. The average molecular weight is 398 g/mol. The van der Waals surface area contributed by atoms with E-state index in [1.54, 1.807) is 0 Å². The number of halogens is 1. The lowest BCUT2D eigenvalue weighted by Crippen LogP contribution is -2.46. The summed E-state index contributed by atoms with van der Waals surface area (Å²) in [5.41, 5.74) is 2.99. The average Bonchev–Trinajstić information content (AvgIpc) is 3.11. The molecule has 4 rings (SSSR count). The normalized spacial score (nSPS) is 17.0. The first-order valence-electron chi connectivity index (χ1n) is 9.73. The SMILES string of the molecule is O=C(OCc1ccccc1)N1CCCC[C@H]1Cn1c(CCl)nc2ccccc21. The van der Waals surface area contributed by atoms with E-state index in [4.69, 9.17) is 16.3 Å². The first-order chi connectivity index (χ1) is 13.8. The van der Waals surface area contributed by atoms with Crippen LogP contribution in [-0.2, 0) is 23.8 Å². The molecule has 1 fully saturated rings. The number of alkyl halides is 1. The Bertz CT molecular complexity index is 941. The number of fused-ring (bicyclic) bond motifs is 1. The van der Waals surface area contributed by atoms with E-state index in [1.165, 1.54) is 0 Å². The van der Waals surface area contributed by atoms with Crippen LogP contribution in [0.25, 0.3) is 11.0 Å². The molecular weight excluding hydrogens is 374 g/mol. The van der Waals surface area contributed by atoms with Gasteiger partial charge in [-0.25, -0.2) is 9.78 Å². The quantitative estimate of drug-likeness (QED) is 0.571. The van der Waals surface area contributed by atoms with Crippen LogP contribution in [0.3, 0.4) is 0 Å². The number of para-hydroxylation sites is 2. The van der Waals surface area contributed by atoms with Gasteiger partial charge in [-0.3, -0.25) is 0 Å². The number of aromatic nitrogens is 2. The van der Waals surface area contributed by atoms with Crippen LogP contribution in [0, 0.1) is 0 Å². The number of benzene rings is 2. The molecule has 1 amide bonds. The van der Waals surface area contributed by atoms with Gasteiger partial charge in [0, 0.05) is 13.1 Å². The van der Waals surface area contributed by atoms with Crippen LogP contribution >= 0.6 is 11.6 Å². The number of amides is 1. The summed E-state index contributed by atoms with van der Waals surface area (Å²) < 4.78 is 7.75. The van der Waals surface area contributed by atoms with Gasteiger partial charge >= 0.3 is 6.09 Å². The van der Waals surface area contributed by atoms with Gasteiger partial charge in [0.05, 0.1) is 23.0 Å². The second-order valence-electron chi connectivity index (χ2n) is 7.14. The summed E-state index contributed by atoms with van der Waals surface area (Å²) in [7, 11) is 0. The van der Waals surface area contributed by atoms with Crippen LogP contribution in [0.4, 0.5) is 4.79 Å². The van der Waals surface area contributed by atoms with Gasteiger partial charge in [0.1, 0.15) is 12.4 Å². The third kappa shape index (κ3) is 3.99. The van der Waals surface area contributed by atoms with E-state index in [-0.39, 0.29) is 12.1 Å². The first kappa shape index (κ1) is 18.8. The lowest BCUT2D eigenvalue weighted by molar-refractivity contribution is 0.0639. The minimum absolute atomic E-state index is 0.0802. The molecule has 2 heterocycles. The molecule has 0 bridgehead atoms. The Morgan fingerprint density at radius 3 is 2.71 bits per heavy atom. The third-order valence-corrected chi connectivity index (χ3v) is 5.55. The molecule has 6 heteroatoms. The third-order valence-electron chi connectivity index (χ3n) is 5.31. The highest BCUT2D eigenvalue weighted by Crippen LogP contribution is 2.24. The van der Waals surface area contributed by atoms with E-state index in [1.807, 2.05) is 53.4 Å². The number of hydrogen-bond donors (Lipinski definition) is 0. The Hall–Kier alpha value is -2.53. The minimum atomic E-state index is -0.245. The Morgan fingerprint density at radius 2 is 1.89 bits per heavy atom. The molecule has 1 saturated heterocycles. The van der Waals surface area contributed by atoms with Gasteiger partial charge in [0.25, 0.3) is 0 Å². The Labute approximate surface area is 169 Å². The van der Waals surface area contributed by atoms with Crippen molar-refractivity contribution in [2.24, 2.45) is 0 Å². The number of carbonyl (C=O) groups is 1. The van der Waals surface area contributed by atoms with Gasteiger partial charge < -0.3 is 14.2 Å². The standard InChI is InChI=1S/C22H24ClN3O2/c23-14-21-24-19-11-4-5-12-20(19)26(21)15-18-10-6-7-13-25(18)22(27)28-16-17-8-2-1-3-9-17/h1-5,8-9,11-12,18H,6-7,10,13-16H2/t18-/m0/s1. The van der Waals surface area contributed by atoms with Crippen LogP contribution in [0.15, 0.2) is 54.6 Å². The van der Waals surface area contributed by atoms with Gasteiger partial charge in [-0.15, -0.1) is 11.6 Å². The highest BCUT2D eigenvalue weighted by molar-refractivity contribution is 6.16. The van der Waals surface area contributed by atoms with Crippen LogP contribution in [0.5, 0.6) is 0 Å². The number of likely N-dealkylation sites (tertiary alicyclic amines) is 1. The summed E-state index contributed by atoms with van der Waals surface area (Å²) in [6.07, 6.45) is 2.82. The molecular formula is C22H24ClN3O2. The number of rotatable bonds is 5. The number of nitrogens with zero attached hydrogens (tertiary/aromatic N) is 3. The second-order valence-corrected chi connectivity index (χ2v) is 7.41. The van der Waals surface area contributed by atoms with Crippen molar-refractivity contribution in [3.05, 3.63) is 66.0 Å². The van der Waals surface area contributed by atoms with Crippen molar-refractivity contribution >= 4 is 28.7 Å². The molecule has 146 valence electrons. The molecule has 2 aromatic carbocycles. The largest absolute Gasteiger partial charge is 0.445 e. The van der Waals surface area contributed by atoms with Crippen molar-refractivity contribution in [3.8, 4) is 0 Å². The van der Waals surface area contributed by atoms with E-state index >= 15 is 0 Å². The fourth-order valence-electron chi connectivity index (χ4n) is 3.87. The van der Waals surface area contributed by atoms with Crippen LogP contribution in [0.2, 0.25) is 0 Å². The molecule has 0 saturated carbocycles. The summed E-state index contributed by atoms with van der Waals surface area (Å²) in [5, 5.41) is 0. The number of ether oxygens (including phenoxy) is 1. The number of carbonyl (C=O) groups excluding carboxylic acids is 1. The van der Waals surface area contributed by atoms with Gasteiger partial charge in [0.15, 0.2) is 0 Å². The highest BCUT2D eigenvalue weighted by Gasteiger charge is 2.29. The number of piperidine rings is 1. The van der Waals surface area contributed by atoms with E-state index < -0.39 is 0 Å². The molecule has 1 atom stereocenters. The van der Waals surface area contributed by atoms with Crippen LogP contribution in [0.1, 0.15) is 30.7 Å². The van der Waals surface area contributed by atoms with Crippen molar-refractivity contribution in [2.75, 3.05) is 6.54 Å². The summed E-state index contributed by atoms with van der Waals surface area (Å²) in [5.74, 6) is 1.19. The maximum atomic E-state index is 12.8. The first-order valence-corrected chi connectivity index (χ1v) is 10.3. The molecule has 1 aromatic heterocycles. The van der Waals surface area contributed by atoms with E-state index in [9.17, 15) is 4.79 Å². The van der Waals surface area contributed by atoms with Gasteiger partial charge in [0.2, 0.25) is 0 Å². The molecule has 5 nitrogen and oxygen atoms in total. The van der Waals surface area contributed by atoms with Crippen molar-refractivity contribution in [3.63, 3.8) is 0 Å². The molecule has 0 N–H and O–H groups in total. The number of hydrogen-bond acceptors (Lipinski definition) is 3. The molecule has 0 aliphatic carbocycles.